The zero-order valence-electron chi connectivity index (χ0n) is 14.6. The van der Waals surface area contributed by atoms with Crippen molar-refractivity contribution in [1.29, 1.82) is 0 Å². The minimum atomic E-state index is -1.23. The van der Waals surface area contributed by atoms with E-state index in [1.54, 1.807) is 0 Å². The lowest BCUT2D eigenvalue weighted by Crippen LogP contribution is -2.65. The lowest BCUT2D eigenvalue weighted by atomic mass is 9.55. The highest BCUT2D eigenvalue weighted by Gasteiger charge is 2.56. The number of benzene rings is 1. The quantitative estimate of drug-likeness (QED) is 0.634. The van der Waals surface area contributed by atoms with E-state index < -0.39 is 33.7 Å². The summed E-state index contributed by atoms with van der Waals surface area (Å²) in [5.74, 6) is -3.08. The van der Waals surface area contributed by atoms with E-state index in [0.29, 0.717) is 25.2 Å². The molecule has 1 amide bonds. The fraction of sp³-hybridized carbons (Fsp3) is 0.611. The number of amides is 1. The van der Waals surface area contributed by atoms with Crippen molar-refractivity contribution in [2.24, 2.45) is 5.41 Å². The number of rotatable bonds is 5. The van der Waals surface area contributed by atoms with E-state index in [1.165, 1.54) is 0 Å². The van der Waals surface area contributed by atoms with Crippen LogP contribution in [0.15, 0.2) is 12.1 Å². The fourth-order valence-corrected chi connectivity index (χ4v) is 4.35. The average Bonchev–Trinajstić information content (AvgIpc) is 2.62. The molecule has 0 radical (unpaired) electrons. The van der Waals surface area contributed by atoms with E-state index in [0.717, 1.165) is 32.1 Å². The van der Waals surface area contributed by atoms with E-state index in [4.69, 9.17) is 4.74 Å². The van der Waals surface area contributed by atoms with E-state index in [-0.39, 0.29) is 17.6 Å². The van der Waals surface area contributed by atoms with Crippen LogP contribution in [-0.2, 0) is 4.74 Å². The molecule has 2 saturated carbocycles. The van der Waals surface area contributed by atoms with Gasteiger partial charge in [-0.25, -0.2) is 4.39 Å². The van der Waals surface area contributed by atoms with Crippen molar-refractivity contribution in [3.8, 4) is 0 Å². The van der Waals surface area contributed by atoms with Crippen LogP contribution in [0.3, 0.4) is 0 Å². The van der Waals surface area contributed by atoms with Crippen LogP contribution in [0.1, 0.15) is 55.8 Å². The van der Waals surface area contributed by atoms with Crippen molar-refractivity contribution >= 4 is 11.6 Å². The molecule has 2 aliphatic rings. The van der Waals surface area contributed by atoms with Crippen LogP contribution < -0.4 is 5.32 Å². The number of carbonyl (C=O) groups is 1. The van der Waals surface area contributed by atoms with Gasteiger partial charge in [0.1, 0.15) is 5.82 Å². The molecule has 2 atom stereocenters. The lowest BCUT2D eigenvalue weighted by molar-refractivity contribution is -0.387. The average molecular weight is 368 g/mol. The number of hydrogen-bond donors (Lipinski definition) is 1. The van der Waals surface area contributed by atoms with Crippen molar-refractivity contribution in [2.75, 3.05) is 6.61 Å². The Balaban J connectivity index is 1.77. The van der Waals surface area contributed by atoms with Crippen molar-refractivity contribution in [2.45, 2.75) is 57.6 Å². The molecule has 2 fully saturated rings. The largest absolute Gasteiger partial charge is 0.378 e. The zero-order chi connectivity index (χ0) is 18.9. The van der Waals surface area contributed by atoms with Gasteiger partial charge in [-0.3, -0.25) is 14.9 Å². The van der Waals surface area contributed by atoms with Gasteiger partial charge in [0.2, 0.25) is 5.82 Å². The summed E-state index contributed by atoms with van der Waals surface area (Å²) in [6, 6.07) is 0.879. The van der Waals surface area contributed by atoms with Crippen molar-refractivity contribution in [3.63, 3.8) is 0 Å². The first-order valence-electron chi connectivity index (χ1n) is 8.95. The molecule has 142 valence electrons. The smallest absolute Gasteiger partial charge is 0.307 e. The molecule has 1 spiro atoms. The van der Waals surface area contributed by atoms with Gasteiger partial charge < -0.3 is 10.1 Å². The lowest BCUT2D eigenvalue weighted by Gasteiger charge is -2.57. The number of halogens is 2. The molecule has 0 heterocycles. The monoisotopic (exact) mass is 368 g/mol. The summed E-state index contributed by atoms with van der Waals surface area (Å²) in [6.45, 7) is 2.52. The van der Waals surface area contributed by atoms with Gasteiger partial charge in [0.15, 0.2) is 0 Å². The number of nitro groups is 1. The molecule has 26 heavy (non-hydrogen) atoms. The molecule has 0 unspecified atom stereocenters. The second kappa shape index (κ2) is 7.26. The molecule has 6 nitrogen and oxygen atoms in total. The van der Waals surface area contributed by atoms with Gasteiger partial charge in [0.05, 0.1) is 22.7 Å². The fourth-order valence-electron chi connectivity index (χ4n) is 4.35. The van der Waals surface area contributed by atoms with Gasteiger partial charge in [-0.15, -0.1) is 0 Å². The molecule has 1 aromatic rings. The number of carbonyl (C=O) groups excluding carboxylic acids is 1. The molecule has 0 bridgehead atoms. The number of nitro benzene ring substituents is 1. The summed E-state index contributed by atoms with van der Waals surface area (Å²) in [6.07, 6.45) is 5.81. The van der Waals surface area contributed by atoms with Crippen molar-refractivity contribution < 1.29 is 23.2 Å². The highest BCUT2D eigenvalue weighted by Crippen LogP contribution is 2.53. The van der Waals surface area contributed by atoms with Crippen molar-refractivity contribution in [1.82, 2.24) is 5.32 Å². The Morgan fingerprint density at radius 2 is 2.00 bits per heavy atom. The minimum Gasteiger partial charge on any atom is -0.378 e. The van der Waals surface area contributed by atoms with Gasteiger partial charge in [0.25, 0.3) is 5.91 Å². The van der Waals surface area contributed by atoms with Crippen LogP contribution >= 0.6 is 0 Å². The van der Waals surface area contributed by atoms with Crippen LogP contribution in [0.5, 0.6) is 0 Å². The number of hydrogen-bond acceptors (Lipinski definition) is 4. The predicted octanol–water partition coefficient (Wildman–Crippen LogP) is 3.73. The summed E-state index contributed by atoms with van der Waals surface area (Å²) in [4.78, 5) is 22.1. The summed E-state index contributed by atoms with van der Waals surface area (Å²) >= 11 is 0. The van der Waals surface area contributed by atoms with Gasteiger partial charge >= 0.3 is 5.69 Å². The predicted molar refractivity (Wildman–Crippen MR) is 89.8 cm³/mol. The third-order valence-corrected chi connectivity index (χ3v) is 5.72. The van der Waals surface area contributed by atoms with Gasteiger partial charge in [-0.2, -0.15) is 4.39 Å². The van der Waals surface area contributed by atoms with Crippen LogP contribution in [-0.4, -0.2) is 29.6 Å². The molecule has 1 aromatic carbocycles. The van der Waals surface area contributed by atoms with Gasteiger partial charge in [-0.05, 0) is 32.3 Å². The normalized spacial score (nSPS) is 24.1. The molecule has 0 aromatic heterocycles. The Morgan fingerprint density at radius 3 is 2.62 bits per heavy atom. The minimum absolute atomic E-state index is 0.0662. The highest BCUT2D eigenvalue weighted by atomic mass is 19.1. The SMILES string of the molecule is CCO[C@@H]1C[C@@H](NC(=O)c2cc(F)c([N+](=O)[O-])cc2F)C12CCCCC2. The van der Waals surface area contributed by atoms with E-state index in [1.807, 2.05) is 6.92 Å². The first kappa shape index (κ1) is 18.7. The Morgan fingerprint density at radius 1 is 1.31 bits per heavy atom. The number of nitrogens with one attached hydrogen (secondary N) is 1. The maximum absolute atomic E-state index is 14.1. The number of ether oxygens (including phenoxy) is 1. The summed E-state index contributed by atoms with van der Waals surface area (Å²) in [5, 5.41) is 13.5. The summed E-state index contributed by atoms with van der Waals surface area (Å²) < 4.78 is 33.7. The van der Waals surface area contributed by atoms with E-state index in [9.17, 15) is 23.7 Å². The van der Waals surface area contributed by atoms with Crippen LogP contribution in [0.25, 0.3) is 0 Å². The zero-order valence-corrected chi connectivity index (χ0v) is 14.6. The maximum atomic E-state index is 14.1. The second-order valence-electron chi connectivity index (χ2n) is 7.04. The van der Waals surface area contributed by atoms with Crippen LogP contribution in [0.4, 0.5) is 14.5 Å². The molecule has 2 aliphatic carbocycles. The Kier molecular flexibility index (Phi) is 5.22. The maximum Gasteiger partial charge on any atom is 0.307 e. The molecule has 8 heteroatoms. The molecular formula is C18H22F2N2O4. The summed E-state index contributed by atoms with van der Waals surface area (Å²) in [5.41, 5.74) is -1.65. The first-order valence-corrected chi connectivity index (χ1v) is 8.95. The highest BCUT2D eigenvalue weighted by molar-refractivity contribution is 5.95. The van der Waals surface area contributed by atoms with Crippen molar-refractivity contribution in [3.05, 3.63) is 39.4 Å². The Bertz CT molecular complexity index is 719. The second-order valence-corrected chi connectivity index (χ2v) is 7.04. The standard InChI is InChI=1S/C18H22F2N2O4/c1-2-26-16-10-15(18(16)6-4-3-5-7-18)21-17(23)11-8-13(20)14(22(24)25)9-12(11)19/h8-9,15-16H,2-7,10H2,1H3,(H,21,23)/t15-,16-/m1/s1. The molecule has 1 N–H and O–H groups in total. The van der Waals surface area contributed by atoms with Crippen LogP contribution in [0, 0.1) is 27.2 Å². The molecule has 0 saturated heterocycles. The first-order chi connectivity index (χ1) is 12.4. The van der Waals surface area contributed by atoms with E-state index in [2.05, 4.69) is 5.32 Å². The van der Waals surface area contributed by atoms with E-state index >= 15 is 0 Å². The third-order valence-electron chi connectivity index (χ3n) is 5.72. The summed E-state index contributed by atoms with van der Waals surface area (Å²) in [7, 11) is 0. The topological polar surface area (TPSA) is 81.5 Å². The number of nitrogens with zero attached hydrogens (tertiary/aromatic N) is 1. The van der Waals surface area contributed by atoms with Gasteiger partial charge in [-0.1, -0.05) is 19.3 Å². The Hall–Kier alpha value is -2.09. The molecular weight excluding hydrogens is 346 g/mol. The molecule has 3 rings (SSSR count). The third kappa shape index (κ3) is 3.18. The molecule has 0 aliphatic heterocycles. The van der Waals surface area contributed by atoms with Gasteiger partial charge in [0, 0.05) is 18.1 Å². The van der Waals surface area contributed by atoms with Crippen LogP contribution in [0.2, 0.25) is 0 Å². The Labute approximate surface area is 150 Å².